The highest BCUT2D eigenvalue weighted by atomic mass is 35.5. The van der Waals surface area contributed by atoms with E-state index in [-0.39, 0.29) is 0 Å². The van der Waals surface area contributed by atoms with Gasteiger partial charge in [0.25, 0.3) is 0 Å². The molecule has 0 aliphatic heterocycles. The molecule has 0 saturated heterocycles. The molecule has 1 aromatic carbocycles. The molecule has 2 rings (SSSR count). The Bertz CT molecular complexity index is 483. The molecule has 0 aliphatic carbocycles. The van der Waals surface area contributed by atoms with E-state index < -0.39 is 0 Å². The van der Waals surface area contributed by atoms with Gasteiger partial charge in [0.2, 0.25) is 0 Å². The van der Waals surface area contributed by atoms with E-state index in [0.717, 1.165) is 35.0 Å². The van der Waals surface area contributed by atoms with Crippen LogP contribution in [0.25, 0.3) is 0 Å². The van der Waals surface area contributed by atoms with Crippen molar-refractivity contribution in [3.63, 3.8) is 0 Å². The van der Waals surface area contributed by atoms with E-state index in [1.54, 1.807) is 12.5 Å². The van der Waals surface area contributed by atoms with E-state index in [9.17, 15) is 0 Å². The third kappa shape index (κ3) is 3.79. The summed E-state index contributed by atoms with van der Waals surface area (Å²) in [4.78, 5) is 0. The number of aryl methyl sites for hydroxylation is 1. The molecule has 0 bridgehead atoms. The van der Waals surface area contributed by atoms with Crippen molar-refractivity contribution in [3.8, 4) is 5.75 Å². The van der Waals surface area contributed by atoms with Crippen molar-refractivity contribution in [2.24, 2.45) is 0 Å². The highest BCUT2D eigenvalue weighted by molar-refractivity contribution is 6.30. The first kappa shape index (κ1) is 13.0. The SMILES string of the molecule is Cc1cc(Cl)ccc1OCCNCc1ccoc1. The average molecular weight is 266 g/mol. The molecular weight excluding hydrogens is 250 g/mol. The van der Waals surface area contributed by atoms with Gasteiger partial charge in [-0.3, -0.25) is 0 Å². The van der Waals surface area contributed by atoms with E-state index >= 15 is 0 Å². The van der Waals surface area contributed by atoms with Crippen molar-refractivity contribution < 1.29 is 9.15 Å². The van der Waals surface area contributed by atoms with Crippen molar-refractivity contribution >= 4 is 11.6 Å². The first-order valence-corrected chi connectivity index (χ1v) is 6.24. The van der Waals surface area contributed by atoms with Crippen molar-refractivity contribution in [1.29, 1.82) is 0 Å². The van der Waals surface area contributed by atoms with Crippen LogP contribution in [0.5, 0.6) is 5.75 Å². The first-order chi connectivity index (χ1) is 8.75. The molecule has 0 atom stereocenters. The predicted molar refractivity (Wildman–Crippen MR) is 72.1 cm³/mol. The van der Waals surface area contributed by atoms with Crippen LogP contribution in [0.2, 0.25) is 5.02 Å². The van der Waals surface area contributed by atoms with Crippen LogP contribution in [0.3, 0.4) is 0 Å². The lowest BCUT2D eigenvalue weighted by Gasteiger charge is -2.09. The van der Waals surface area contributed by atoms with Gasteiger partial charge in [0.05, 0.1) is 12.5 Å². The summed E-state index contributed by atoms with van der Waals surface area (Å²) in [5.74, 6) is 0.879. The standard InChI is InChI=1S/C14H16ClNO2/c1-11-8-13(15)2-3-14(11)18-7-5-16-9-12-4-6-17-10-12/h2-4,6,8,10,16H,5,7,9H2,1H3. The van der Waals surface area contributed by atoms with E-state index in [1.165, 1.54) is 0 Å². The molecule has 96 valence electrons. The minimum absolute atomic E-state index is 0.625. The smallest absolute Gasteiger partial charge is 0.122 e. The summed E-state index contributed by atoms with van der Waals surface area (Å²) in [6, 6.07) is 7.57. The number of rotatable bonds is 6. The van der Waals surface area contributed by atoms with Crippen LogP contribution >= 0.6 is 11.6 Å². The Morgan fingerprint density at radius 3 is 2.94 bits per heavy atom. The van der Waals surface area contributed by atoms with Gasteiger partial charge in [0.1, 0.15) is 12.4 Å². The molecule has 1 aromatic heterocycles. The lowest BCUT2D eigenvalue weighted by molar-refractivity contribution is 0.311. The second-order valence-electron chi connectivity index (χ2n) is 4.07. The fraction of sp³-hybridized carbons (Fsp3) is 0.286. The van der Waals surface area contributed by atoms with Gasteiger partial charge in [-0.1, -0.05) is 11.6 Å². The first-order valence-electron chi connectivity index (χ1n) is 5.86. The summed E-state index contributed by atoms with van der Waals surface area (Å²) in [6.07, 6.45) is 3.40. The Labute approximate surface area is 112 Å². The number of furan rings is 1. The molecular formula is C14H16ClNO2. The monoisotopic (exact) mass is 265 g/mol. The quantitative estimate of drug-likeness (QED) is 0.813. The molecule has 1 N–H and O–H groups in total. The fourth-order valence-corrected chi connectivity index (χ4v) is 1.86. The zero-order chi connectivity index (χ0) is 12.8. The fourth-order valence-electron chi connectivity index (χ4n) is 1.63. The van der Waals surface area contributed by atoms with Gasteiger partial charge >= 0.3 is 0 Å². The summed E-state index contributed by atoms with van der Waals surface area (Å²) in [5, 5.41) is 4.01. The normalized spacial score (nSPS) is 10.6. The van der Waals surface area contributed by atoms with Gasteiger partial charge in [0, 0.05) is 23.7 Å². The van der Waals surface area contributed by atoms with E-state index in [1.807, 2.05) is 31.2 Å². The molecule has 0 unspecified atom stereocenters. The number of benzene rings is 1. The van der Waals surface area contributed by atoms with Crippen molar-refractivity contribution in [3.05, 3.63) is 52.9 Å². The van der Waals surface area contributed by atoms with Crippen molar-refractivity contribution in [2.45, 2.75) is 13.5 Å². The minimum Gasteiger partial charge on any atom is -0.492 e. The van der Waals surface area contributed by atoms with Crippen molar-refractivity contribution in [1.82, 2.24) is 5.32 Å². The molecule has 0 spiro atoms. The summed E-state index contributed by atoms with van der Waals surface area (Å²) in [7, 11) is 0. The van der Waals surface area contributed by atoms with Gasteiger partial charge < -0.3 is 14.5 Å². The molecule has 0 saturated carbocycles. The number of hydrogen-bond acceptors (Lipinski definition) is 3. The zero-order valence-electron chi connectivity index (χ0n) is 10.3. The maximum atomic E-state index is 5.88. The molecule has 3 nitrogen and oxygen atoms in total. The van der Waals surface area contributed by atoms with E-state index in [2.05, 4.69) is 5.32 Å². The van der Waals surface area contributed by atoms with Crippen LogP contribution < -0.4 is 10.1 Å². The van der Waals surface area contributed by atoms with Crippen molar-refractivity contribution in [2.75, 3.05) is 13.2 Å². The number of ether oxygens (including phenoxy) is 1. The molecule has 0 fully saturated rings. The largest absolute Gasteiger partial charge is 0.492 e. The van der Waals surface area contributed by atoms with Gasteiger partial charge in [-0.05, 0) is 36.8 Å². The average Bonchev–Trinajstić information content (AvgIpc) is 2.84. The second kappa shape index (κ2) is 6.47. The highest BCUT2D eigenvalue weighted by Crippen LogP contribution is 2.21. The van der Waals surface area contributed by atoms with E-state index in [0.29, 0.717) is 6.61 Å². The molecule has 0 amide bonds. The van der Waals surface area contributed by atoms with Gasteiger partial charge in [-0.25, -0.2) is 0 Å². The topological polar surface area (TPSA) is 34.4 Å². The van der Waals surface area contributed by atoms with Crippen LogP contribution in [0.1, 0.15) is 11.1 Å². The lowest BCUT2D eigenvalue weighted by atomic mass is 10.2. The summed E-state index contributed by atoms with van der Waals surface area (Å²) >= 11 is 5.88. The van der Waals surface area contributed by atoms with E-state index in [4.69, 9.17) is 20.8 Å². The second-order valence-corrected chi connectivity index (χ2v) is 4.50. The number of nitrogens with one attached hydrogen (secondary N) is 1. The Morgan fingerprint density at radius 1 is 1.33 bits per heavy atom. The van der Waals surface area contributed by atoms with Crippen LogP contribution in [0.4, 0.5) is 0 Å². The Balaban J connectivity index is 1.69. The Hall–Kier alpha value is -1.45. The maximum absolute atomic E-state index is 5.88. The maximum Gasteiger partial charge on any atom is 0.122 e. The summed E-state index contributed by atoms with van der Waals surface area (Å²) < 4.78 is 10.7. The molecule has 0 aliphatic rings. The number of hydrogen-bond donors (Lipinski definition) is 1. The number of halogens is 1. The molecule has 2 aromatic rings. The summed E-state index contributed by atoms with van der Waals surface area (Å²) in [5.41, 5.74) is 2.19. The molecule has 4 heteroatoms. The van der Waals surface area contributed by atoms with Crippen LogP contribution in [0, 0.1) is 6.92 Å². The van der Waals surface area contributed by atoms with Crippen LogP contribution in [-0.2, 0) is 6.54 Å². The third-order valence-electron chi connectivity index (χ3n) is 2.58. The van der Waals surface area contributed by atoms with Crippen LogP contribution in [0.15, 0.2) is 41.2 Å². The Kier molecular flexibility index (Phi) is 4.67. The Morgan fingerprint density at radius 2 is 2.22 bits per heavy atom. The summed E-state index contributed by atoms with van der Waals surface area (Å²) in [6.45, 7) is 4.19. The predicted octanol–water partition coefficient (Wildman–Crippen LogP) is 3.41. The molecule has 1 heterocycles. The zero-order valence-corrected chi connectivity index (χ0v) is 11.0. The third-order valence-corrected chi connectivity index (χ3v) is 2.82. The van der Waals surface area contributed by atoms with Crippen LogP contribution in [-0.4, -0.2) is 13.2 Å². The molecule has 0 radical (unpaired) electrons. The molecule has 18 heavy (non-hydrogen) atoms. The van der Waals surface area contributed by atoms with Gasteiger partial charge in [-0.2, -0.15) is 0 Å². The van der Waals surface area contributed by atoms with Gasteiger partial charge in [-0.15, -0.1) is 0 Å². The highest BCUT2D eigenvalue weighted by Gasteiger charge is 2.00. The lowest BCUT2D eigenvalue weighted by Crippen LogP contribution is -2.20. The minimum atomic E-state index is 0.625. The van der Waals surface area contributed by atoms with Gasteiger partial charge in [0.15, 0.2) is 0 Å².